The molecule has 164 valence electrons. The summed E-state index contributed by atoms with van der Waals surface area (Å²) in [6, 6.07) is 13.7. The number of hydrogen-bond acceptors (Lipinski definition) is 3. The van der Waals surface area contributed by atoms with Crippen molar-refractivity contribution in [1.29, 1.82) is 0 Å². The summed E-state index contributed by atoms with van der Waals surface area (Å²) in [5.41, 5.74) is 0.278. The molecule has 1 atom stereocenters. The summed E-state index contributed by atoms with van der Waals surface area (Å²) in [6.45, 7) is 6.03. The van der Waals surface area contributed by atoms with Gasteiger partial charge in [-0.3, -0.25) is 14.4 Å². The number of halogens is 1. The van der Waals surface area contributed by atoms with Crippen LogP contribution >= 0.6 is 11.6 Å². The van der Waals surface area contributed by atoms with E-state index in [0.29, 0.717) is 34.8 Å². The van der Waals surface area contributed by atoms with Crippen LogP contribution in [0.4, 0.5) is 5.69 Å². The largest absolute Gasteiger partial charge is 0.350 e. The number of rotatable bonds is 5. The number of hydrogen-bond donors (Lipinski definition) is 2. The van der Waals surface area contributed by atoms with Crippen molar-refractivity contribution < 1.29 is 14.4 Å². The first-order valence-corrected chi connectivity index (χ1v) is 10.9. The van der Waals surface area contributed by atoms with Crippen LogP contribution in [0, 0.1) is 0 Å². The fourth-order valence-electron chi connectivity index (χ4n) is 3.78. The van der Waals surface area contributed by atoms with Crippen LogP contribution in [0.2, 0.25) is 5.02 Å². The van der Waals surface area contributed by atoms with Crippen LogP contribution in [-0.4, -0.2) is 40.7 Å². The van der Waals surface area contributed by atoms with Crippen molar-refractivity contribution in [3.05, 3.63) is 64.7 Å². The average Bonchev–Trinajstić information content (AvgIpc) is 2.75. The molecule has 0 bridgehead atoms. The number of piperidine rings is 1. The van der Waals surface area contributed by atoms with Gasteiger partial charge in [-0.2, -0.15) is 0 Å². The molecular weight excluding hydrogens is 414 g/mol. The zero-order chi connectivity index (χ0) is 22.6. The molecule has 0 aromatic heterocycles. The summed E-state index contributed by atoms with van der Waals surface area (Å²) in [5.74, 6) is -0.735. The molecule has 0 saturated carbocycles. The second kappa shape index (κ2) is 9.52. The summed E-state index contributed by atoms with van der Waals surface area (Å²) in [4.78, 5) is 40.5. The van der Waals surface area contributed by atoms with Crippen molar-refractivity contribution in [2.75, 3.05) is 11.9 Å². The number of anilines is 1. The van der Waals surface area contributed by atoms with E-state index in [2.05, 4.69) is 10.6 Å². The van der Waals surface area contributed by atoms with Crippen LogP contribution < -0.4 is 10.6 Å². The predicted octanol–water partition coefficient (Wildman–Crippen LogP) is 4.50. The van der Waals surface area contributed by atoms with Crippen LogP contribution in [0.5, 0.6) is 0 Å². The molecule has 2 aromatic rings. The molecule has 0 aliphatic carbocycles. The van der Waals surface area contributed by atoms with E-state index in [-0.39, 0.29) is 23.8 Å². The number of nitrogens with one attached hydrogen (secondary N) is 2. The number of nitrogens with zero attached hydrogens (tertiary/aromatic N) is 1. The fourth-order valence-corrected chi connectivity index (χ4v) is 3.95. The molecule has 1 fully saturated rings. The Morgan fingerprint density at radius 2 is 1.74 bits per heavy atom. The first-order chi connectivity index (χ1) is 14.7. The zero-order valence-corrected chi connectivity index (χ0v) is 18.8. The van der Waals surface area contributed by atoms with E-state index in [9.17, 15) is 14.4 Å². The topological polar surface area (TPSA) is 78.5 Å². The van der Waals surface area contributed by atoms with Crippen LogP contribution in [0.15, 0.2) is 48.5 Å². The van der Waals surface area contributed by atoms with Crippen molar-refractivity contribution in [2.24, 2.45) is 0 Å². The molecule has 3 rings (SSSR count). The van der Waals surface area contributed by atoms with Gasteiger partial charge in [0.2, 0.25) is 5.91 Å². The molecule has 7 heteroatoms. The quantitative estimate of drug-likeness (QED) is 0.716. The zero-order valence-electron chi connectivity index (χ0n) is 18.1. The van der Waals surface area contributed by atoms with Crippen molar-refractivity contribution in [1.82, 2.24) is 10.2 Å². The molecule has 1 aliphatic heterocycles. The molecular formula is C24H28ClN3O3. The number of benzene rings is 2. The lowest BCUT2D eigenvalue weighted by atomic mass is 9.86. The highest BCUT2D eigenvalue weighted by atomic mass is 35.5. The first-order valence-electron chi connectivity index (χ1n) is 10.5. The van der Waals surface area contributed by atoms with Gasteiger partial charge in [0.15, 0.2) is 0 Å². The number of carbonyl (C=O) groups is 3. The molecule has 0 spiro atoms. The lowest BCUT2D eigenvalue weighted by Gasteiger charge is -2.43. The van der Waals surface area contributed by atoms with E-state index < -0.39 is 5.54 Å². The molecule has 0 radical (unpaired) electrons. The summed E-state index contributed by atoms with van der Waals surface area (Å²) in [6.07, 6.45) is 2.22. The van der Waals surface area contributed by atoms with Gasteiger partial charge in [-0.15, -0.1) is 0 Å². The minimum atomic E-state index is -1.02. The number of likely N-dealkylation sites (tertiary alicyclic amines) is 1. The van der Waals surface area contributed by atoms with E-state index >= 15 is 0 Å². The smallest absolute Gasteiger partial charge is 0.254 e. The van der Waals surface area contributed by atoms with E-state index in [0.717, 1.165) is 12.8 Å². The van der Waals surface area contributed by atoms with E-state index in [1.165, 1.54) is 0 Å². The lowest BCUT2D eigenvalue weighted by Crippen LogP contribution is -2.59. The third-order valence-corrected chi connectivity index (χ3v) is 5.87. The predicted molar refractivity (Wildman–Crippen MR) is 122 cm³/mol. The molecule has 6 nitrogen and oxygen atoms in total. The van der Waals surface area contributed by atoms with Crippen molar-refractivity contribution >= 4 is 35.0 Å². The maximum absolute atomic E-state index is 13.4. The van der Waals surface area contributed by atoms with Crippen molar-refractivity contribution in [3.63, 3.8) is 0 Å². The minimum Gasteiger partial charge on any atom is -0.350 e. The summed E-state index contributed by atoms with van der Waals surface area (Å²) in [7, 11) is 0. The van der Waals surface area contributed by atoms with Crippen LogP contribution in [0.3, 0.4) is 0 Å². The molecule has 1 saturated heterocycles. The second-order valence-corrected chi connectivity index (χ2v) is 8.74. The Morgan fingerprint density at radius 3 is 2.42 bits per heavy atom. The van der Waals surface area contributed by atoms with Gasteiger partial charge in [-0.25, -0.2) is 0 Å². The van der Waals surface area contributed by atoms with Gasteiger partial charge in [0.05, 0.1) is 10.7 Å². The van der Waals surface area contributed by atoms with Gasteiger partial charge in [-0.05, 0) is 70.4 Å². The maximum atomic E-state index is 13.4. The molecule has 0 unspecified atom stereocenters. The molecule has 1 heterocycles. The Hall–Kier alpha value is -2.86. The Kier molecular flexibility index (Phi) is 7.01. The average molecular weight is 442 g/mol. The standard InChI is InChI=1S/C24H28ClN3O3/c1-16(2)26-21(29)18-11-12-19(25)20(15-18)27-23(31)24(3)13-7-8-14-28(24)22(30)17-9-5-4-6-10-17/h4-6,9-12,15-16H,7-8,13-14H2,1-3H3,(H,26,29)(H,27,31)/t24-/m0/s1. The maximum Gasteiger partial charge on any atom is 0.254 e. The van der Waals surface area contributed by atoms with E-state index in [4.69, 9.17) is 11.6 Å². The van der Waals surface area contributed by atoms with Crippen molar-refractivity contribution in [3.8, 4) is 0 Å². The minimum absolute atomic E-state index is 0.0140. The summed E-state index contributed by atoms with van der Waals surface area (Å²) >= 11 is 6.30. The van der Waals surface area contributed by atoms with Gasteiger partial charge < -0.3 is 15.5 Å². The second-order valence-electron chi connectivity index (χ2n) is 8.33. The van der Waals surface area contributed by atoms with Crippen LogP contribution in [0.25, 0.3) is 0 Å². The molecule has 2 aromatic carbocycles. The highest BCUT2D eigenvalue weighted by molar-refractivity contribution is 6.34. The van der Waals surface area contributed by atoms with Gasteiger partial charge in [0.1, 0.15) is 5.54 Å². The number of amides is 3. The Morgan fingerprint density at radius 1 is 1.03 bits per heavy atom. The molecule has 3 amide bonds. The molecule has 1 aliphatic rings. The van der Waals surface area contributed by atoms with E-state index in [1.54, 1.807) is 42.2 Å². The lowest BCUT2D eigenvalue weighted by molar-refractivity contribution is -0.127. The van der Waals surface area contributed by atoms with E-state index in [1.807, 2.05) is 32.0 Å². The summed E-state index contributed by atoms with van der Waals surface area (Å²) in [5, 5.41) is 6.01. The number of carbonyl (C=O) groups excluding carboxylic acids is 3. The Labute approximate surface area is 188 Å². The normalized spacial score (nSPS) is 18.5. The third-order valence-electron chi connectivity index (χ3n) is 5.54. The van der Waals surface area contributed by atoms with Gasteiger partial charge in [0, 0.05) is 23.7 Å². The molecule has 2 N–H and O–H groups in total. The third kappa shape index (κ3) is 5.07. The SMILES string of the molecule is CC(C)NC(=O)c1ccc(Cl)c(NC(=O)[C@]2(C)CCCCN2C(=O)c2ccccc2)c1. The van der Waals surface area contributed by atoms with Crippen LogP contribution in [-0.2, 0) is 4.79 Å². The van der Waals surface area contributed by atoms with Gasteiger partial charge in [-0.1, -0.05) is 29.8 Å². The Bertz CT molecular complexity index is 977. The fraction of sp³-hybridized carbons (Fsp3) is 0.375. The van der Waals surface area contributed by atoms with Gasteiger partial charge in [0.25, 0.3) is 11.8 Å². The van der Waals surface area contributed by atoms with Gasteiger partial charge >= 0.3 is 0 Å². The van der Waals surface area contributed by atoms with Crippen LogP contribution in [0.1, 0.15) is 60.7 Å². The monoisotopic (exact) mass is 441 g/mol. The Balaban J connectivity index is 1.85. The summed E-state index contributed by atoms with van der Waals surface area (Å²) < 4.78 is 0. The van der Waals surface area contributed by atoms with Crippen molar-refractivity contribution in [2.45, 2.75) is 51.6 Å². The highest BCUT2D eigenvalue weighted by Gasteiger charge is 2.44. The highest BCUT2D eigenvalue weighted by Crippen LogP contribution is 2.32. The molecule has 31 heavy (non-hydrogen) atoms. The first kappa shape index (κ1) is 22.8.